The SMILES string of the molecule is Cc1cc(C)nc(NS(=O)(=O)c2ccc(NC(=O)C(C)N(c3ccc(Cl)cc3)S(C)(=O)=O)cc2)n1. The fourth-order valence-corrected chi connectivity index (χ4v) is 5.56. The third-order valence-corrected chi connectivity index (χ3v) is 7.65. The number of carbonyl (C=O) groups is 1. The van der Waals surface area contributed by atoms with E-state index in [1.54, 1.807) is 19.9 Å². The molecule has 3 aromatic rings. The third kappa shape index (κ3) is 6.68. The number of hydrogen-bond acceptors (Lipinski definition) is 7. The predicted molar refractivity (Wildman–Crippen MR) is 136 cm³/mol. The van der Waals surface area contributed by atoms with E-state index in [9.17, 15) is 21.6 Å². The molecule has 10 nitrogen and oxygen atoms in total. The molecular weight excluding hydrogens is 514 g/mol. The zero-order valence-corrected chi connectivity index (χ0v) is 21.7. The number of halogens is 1. The molecule has 1 amide bonds. The van der Waals surface area contributed by atoms with Crippen molar-refractivity contribution < 1.29 is 21.6 Å². The summed E-state index contributed by atoms with van der Waals surface area (Å²) in [6, 6.07) is 12.1. The van der Waals surface area contributed by atoms with Crippen LogP contribution in [-0.2, 0) is 24.8 Å². The topological polar surface area (TPSA) is 138 Å². The van der Waals surface area contributed by atoms with E-state index in [2.05, 4.69) is 20.0 Å². The van der Waals surface area contributed by atoms with Gasteiger partial charge in [0.1, 0.15) is 6.04 Å². The van der Waals surface area contributed by atoms with E-state index in [1.807, 2.05) is 0 Å². The lowest BCUT2D eigenvalue weighted by atomic mass is 10.2. The summed E-state index contributed by atoms with van der Waals surface area (Å²) in [5.41, 5.74) is 1.79. The lowest BCUT2D eigenvalue weighted by molar-refractivity contribution is -0.116. The fraction of sp³-hybridized carbons (Fsp3) is 0.227. The summed E-state index contributed by atoms with van der Waals surface area (Å²) in [6.07, 6.45) is 0.997. The second-order valence-electron chi connectivity index (χ2n) is 7.80. The monoisotopic (exact) mass is 537 g/mol. The number of aryl methyl sites for hydroxylation is 2. The van der Waals surface area contributed by atoms with Crippen LogP contribution in [0.25, 0.3) is 0 Å². The van der Waals surface area contributed by atoms with Crippen molar-refractivity contribution in [1.82, 2.24) is 9.97 Å². The summed E-state index contributed by atoms with van der Waals surface area (Å²) >= 11 is 5.88. The quantitative estimate of drug-likeness (QED) is 0.449. The van der Waals surface area contributed by atoms with Crippen LogP contribution < -0.4 is 14.3 Å². The molecule has 13 heteroatoms. The molecule has 1 aromatic heterocycles. The molecule has 0 aliphatic carbocycles. The van der Waals surface area contributed by atoms with E-state index in [4.69, 9.17) is 11.6 Å². The van der Waals surface area contributed by atoms with E-state index < -0.39 is 32.0 Å². The number of amides is 1. The Balaban J connectivity index is 1.76. The molecule has 0 radical (unpaired) electrons. The van der Waals surface area contributed by atoms with Gasteiger partial charge in [-0.1, -0.05) is 11.6 Å². The van der Waals surface area contributed by atoms with E-state index >= 15 is 0 Å². The van der Waals surface area contributed by atoms with Crippen LogP contribution in [-0.4, -0.2) is 45.0 Å². The van der Waals surface area contributed by atoms with Crippen molar-refractivity contribution in [2.24, 2.45) is 0 Å². The van der Waals surface area contributed by atoms with Gasteiger partial charge in [0, 0.05) is 22.1 Å². The Morgan fingerprint density at radius 1 is 0.943 bits per heavy atom. The van der Waals surface area contributed by atoms with Crippen LogP contribution in [0.4, 0.5) is 17.3 Å². The number of hydrogen-bond donors (Lipinski definition) is 2. The van der Waals surface area contributed by atoms with E-state index in [0.29, 0.717) is 16.4 Å². The van der Waals surface area contributed by atoms with Crippen molar-refractivity contribution in [3.8, 4) is 0 Å². The molecule has 1 unspecified atom stereocenters. The zero-order chi connectivity index (χ0) is 26.0. The van der Waals surface area contributed by atoms with Crippen molar-refractivity contribution in [3.05, 3.63) is 71.0 Å². The van der Waals surface area contributed by atoms with Crippen LogP contribution in [0, 0.1) is 13.8 Å². The maximum absolute atomic E-state index is 12.8. The van der Waals surface area contributed by atoms with Gasteiger partial charge in [0.05, 0.1) is 16.8 Å². The minimum atomic E-state index is -3.97. The minimum Gasteiger partial charge on any atom is -0.324 e. The van der Waals surface area contributed by atoms with E-state index in [0.717, 1.165) is 10.6 Å². The highest BCUT2D eigenvalue weighted by Crippen LogP contribution is 2.24. The highest BCUT2D eigenvalue weighted by Gasteiger charge is 2.29. The third-order valence-electron chi connectivity index (χ3n) is 4.81. The summed E-state index contributed by atoms with van der Waals surface area (Å²) in [4.78, 5) is 20.9. The number of carbonyl (C=O) groups excluding carboxylic acids is 1. The second-order valence-corrected chi connectivity index (χ2v) is 11.8. The van der Waals surface area contributed by atoms with Gasteiger partial charge in [-0.15, -0.1) is 0 Å². The average Bonchev–Trinajstić information content (AvgIpc) is 2.73. The lowest BCUT2D eigenvalue weighted by Crippen LogP contribution is -2.45. The first-order valence-corrected chi connectivity index (χ1v) is 14.0. The zero-order valence-electron chi connectivity index (χ0n) is 19.4. The molecule has 2 aromatic carbocycles. The molecular formula is C22H24ClN5O5S2. The molecule has 3 rings (SSSR count). The van der Waals surface area contributed by atoms with Gasteiger partial charge in [-0.05, 0) is 75.4 Å². The number of benzene rings is 2. The predicted octanol–water partition coefficient (Wildman–Crippen LogP) is 3.34. The second kappa shape index (κ2) is 10.2. The van der Waals surface area contributed by atoms with E-state index in [-0.39, 0.29) is 22.2 Å². The molecule has 35 heavy (non-hydrogen) atoms. The summed E-state index contributed by atoms with van der Waals surface area (Å²) in [5.74, 6) is -0.653. The van der Waals surface area contributed by atoms with Crippen molar-refractivity contribution in [2.75, 3.05) is 20.6 Å². The minimum absolute atomic E-state index is 0.0447. The summed E-state index contributed by atoms with van der Waals surface area (Å²) < 4.78 is 53.5. The number of aromatic nitrogens is 2. The van der Waals surface area contributed by atoms with Crippen LogP contribution in [0.15, 0.2) is 59.5 Å². The van der Waals surface area contributed by atoms with Gasteiger partial charge in [0.15, 0.2) is 0 Å². The highest BCUT2D eigenvalue weighted by molar-refractivity contribution is 7.92. The Morgan fingerprint density at radius 2 is 1.49 bits per heavy atom. The smallest absolute Gasteiger partial charge is 0.264 e. The van der Waals surface area contributed by atoms with Crippen molar-refractivity contribution in [3.63, 3.8) is 0 Å². The molecule has 1 atom stereocenters. The molecule has 186 valence electrons. The molecule has 0 aliphatic heterocycles. The van der Waals surface area contributed by atoms with Gasteiger partial charge in [-0.25, -0.2) is 31.5 Å². The molecule has 0 fully saturated rings. The van der Waals surface area contributed by atoms with Gasteiger partial charge >= 0.3 is 0 Å². The van der Waals surface area contributed by atoms with E-state index in [1.165, 1.54) is 55.5 Å². The van der Waals surface area contributed by atoms with Crippen LogP contribution in [0.3, 0.4) is 0 Å². The molecule has 2 N–H and O–H groups in total. The number of sulfonamides is 2. The molecule has 0 bridgehead atoms. The molecule has 0 aliphatic rings. The van der Waals surface area contributed by atoms with Gasteiger partial charge in [0.25, 0.3) is 10.0 Å². The Morgan fingerprint density at radius 3 is 2.00 bits per heavy atom. The number of nitrogens with zero attached hydrogens (tertiary/aromatic N) is 3. The molecule has 0 saturated carbocycles. The number of anilines is 3. The number of nitrogens with one attached hydrogen (secondary N) is 2. The van der Waals surface area contributed by atoms with Gasteiger partial charge in [-0.2, -0.15) is 0 Å². The standard InChI is InChI=1S/C22H24ClN5O5S2/c1-14-13-15(2)25-22(24-14)27-35(32,33)20-11-7-18(8-12-20)26-21(29)16(3)28(34(4,30)31)19-9-5-17(23)6-10-19/h5-13,16H,1-4H3,(H,26,29)(H,24,25,27). The fourth-order valence-electron chi connectivity index (χ4n) is 3.31. The average molecular weight is 538 g/mol. The lowest BCUT2D eigenvalue weighted by Gasteiger charge is -2.28. The Labute approximate surface area is 209 Å². The van der Waals surface area contributed by atoms with Crippen molar-refractivity contribution >= 4 is 54.9 Å². The first-order valence-electron chi connectivity index (χ1n) is 10.3. The van der Waals surface area contributed by atoms with Gasteiger partial charge in [-0.3, -0.25) is 9.10 Å². The van der Waals surface area contributed by atoms with Crippen LogP contribution in [0.1, 0.15) is 18.3 Å². The highest BCUT2D eigenvalue weighted by atomic mass is 35.5. The van der Waals surface area contributed by atoms with Crippen molar-refractivity contribution in [1.29, 1.82) is 0 Å². The van der Waals surface area contributed by atoms with Crippen LogP contribution in [0.2, 0.25) is 5.02 Å². The molecule has 1 heterocycles. The molecule has 0 spiro atoms. The largest absolute Gasteiger partial charge is 0.324 e. The first-order chi connectivity index (χ1) is 16.3. The first kappa shape index (κ1) is 26.4. The van der Waals surface area contributed by atoms with Crippen molar-refractivity contribution in [2.45, 2.75) is 31.7 Å². The van der Waals surface area contributed by atoms with Gasteiger partial charge in [0.2, 0.25) is 21.9 Å². The maximum Gasteiger partial charge on any atom is 0.264 e. The van der Waals surface area contributed by atoms with Crippen LogP contribution in [0.5, 0.6) is 0 Å². The van der Waals surface area contributed by atoms with Crippen LogP contribution >= 0.6 is 11.6 Å². The summed E-state index contributed by atoms with van der Waals surface area (Å²) in [6.45, 7) is 4.89. The Hall–Kier alpha value is -3.22. The maximum atomic E-state index is 12.8. The van der Waals surface area contributed by atoms with Gasteiger partial charge < -0.3 is 5.32 Å². The Kier molecular flexibility index (Phi) is 7.68. The number of rotatable bonds is 8. The summed E-state index contributed by atoms with van der Waals surface area (Å²) in [5, 5.41) is 3.03. The Bertz CT molecular complexity index is 1420. The molecule has 0 saturated heterocycles. The normalized spacial score (nSPS) is 12.6. The summed E-state index contributed by atoms with van der Waals surface area (Å²) in [7, 11) is -7.77.